The van der Waals surface area contributed by atoms with Gasteiger partial charge in [-0.3, -0.25) is 0 Å². The molecule has 2 N–H and O–H groups in total. The first-order chi connectivity index (χ1) is 12.5. The van der Waals surface area contributed by atoms with Crippen LogP contribution in [-0.4, -0.2) is 51.3 Å². The molecule has 0 unspecified atom stereocenters. The third-order valence-electron chi connectivity index (χ3n) is 4.98. The minimum Gasteiger partial charge on any atom is -0.486 e. The van der Waals surface area contributed by atoms with Gasteiger partial charge < -0.3 is 24.4 Å². The van der Waals surface area contributed by atoms with Crippen molar-refractivity contribution < 1.29 is 28.9 Å². The summed E-state index contributed by atoms with van der Waals surface area (Å²) in [4.78, 5) is 24.0. The molecular formula is C18H17FN2O5. The maximum absolute atomic E-state index is 14.1. The zero-order valence-corrected chi connectivity index (χ0v) is 13.9. The molecule has 8 heteroatoms. The third-order valence-corrected chi connectivity index (χ3v) is 4.98. The quantitative estimate of drug-likeness (QED) is 0.809. The number of fused-ring (bicyclic) bond motifs is 3. The number of aliphatic carboxylic acids is 2. The number of rotatable bonds is 3. The topological polar surface area (TPSA) is 92.0 Å². The Labute approximate surface area is 147 Å². The lowest BCUT2D eigenvalue weighted by atomic mass is 10.1. The summed E-state index contributed by atoms with van der Waals surface area (Å²) in [5.41, 5.74) is 2.63. The van der Waals surface area contributed by atoms with Crippen molar-refractivity contribution >= 4 is 22.8 Å². The number of benzene rings is 1. The Kier molecular flexibility index (Phi) is 3.82. The Morgan fingerprint density at radius 3 is 2.65 bits per heavy atom. The second kappa shape index (κ2) is 6.05. The number of hydrogen-bond acceptors (Lipinski definition) is 4. The first-order valence-corrected chi connectivity index (χ1v) is 8.35. The van der Waals surface area contributed by atoms with Crippen LogP contribution in [0.25, 0.3) is 10.9 Å². The van der Waals surface area contributed by atoms with E-state index in [0.717, 1.165) is 28.2 Å². The minimum atomic E-state index is -1.29. The van der Waals surface area contributed by atoms with Crippen molar-refractivity contribution in [1.82, 2.24) is 9.47 Å². The van der Waals surface area contributed by atoms with Gasteiger partial charge in [0.2, 0.25) is 0 Å². The molecule has 0 radical (unpaired) electrons. The highest BCUT2D eigenvalue weighted by atomic mass is 19.1. The Balaban J connectivity index is 1.75. The summed E-state index contributed by atoms with van der Waals surface area (Å²) in [5, 5.41) is 19.2. The molecule has 0 saturated heterocycles. The molecule has 26 heavy (non-hydrogen) atoms. The number of aromatic nitrogens is 1. The van der Waals surface area contributed by atoms with Crippen molar-refractivity contribution in [3.05, 3.63) is 41.0 Å². The van der Waals surface area contributed by atoms with E-state index >= 15 is 0 Å². The summed E-state index contributed by atoms with van der Waals surface area (Å²) in [6.07, 6.45) is 1.83. The molecule has 0 saturated carbocycles. The van der Waals surface area contributed by atoms with Crippen LogP contribution in [0.15, 0.2) is 23.9 Å². The van der Waals surface area contributed by atoms with Crippen molar-refractivity contribution in [2.75, 3.05) is 19.7 Å². The smallest absolute Gasteiger partial charge is 0.352 e. The van der Waals surface area contributed by atoms with Gasteiger partial charge in [-0.05, 0) is 24.1 Å². The van der Waals surface area contributed by atoms with E-state index in [4.69, 9.17) is 9.84 Å². The van der Waals surface area contributed by atoms with Gasteiger partial charge in [0.25, 0.3) is 0 Å². The molecule has 2 aliphatic heterocycles. The van der Waals surface area contributed by atoms with Crippen LogP contribution < -0.4 is 4.74 Å². The summed E-state index contributed by atoms with van der Waals surface area (Å²) < 4.78 is 21.6. The van der Waals surface area contributed by atoms with Gasteiger partial charge in [0.05, 0.1) is 18.1 Å². The van der Waals surface area contributed by atoms with Gasteiger partial charge in [0, 0.05) is 30.6 Å². The van der Waals surface area contributed by atoms with Gasteiger partial charge >= 0.3 is 11.9 Å². The second-order valence-electron chi connectivity index (χ2n) is 6.36. The van der Waals surface area contributed by atoms with Crippen molar-refractivity contribution in [3.63, 3.8) is 0 Å². The van der Waals surface area contributed by atoms with E-state index in [9.17, 15) is 19.1 Å². The minimum absolute atomic E-state index is 0.222. The fourth-order valence-electron chi connectivity index (χ4n) is 3.94. The van der Waals surface area contributed by atoms with Gasteiger partial charge in [0.1, 0.15) is 12.3 Å². The van der Waals surface area contributed by atoms with Gasteiger partial charge in [-0.25, -0.2) is 14.0 Å². The van der Waals surface area contributed by atoms with E-state index in [0.29, 0.717) is 39.1 Å². The monoisotopic (exact) mass is 360 g/mol. The summed E-state index contributed by atoms with van der Waals surface area (Å²) in [7, 11) is 0. The van der Waals surface area contributed by atoms with E-state index in [-0.39, 0.29) is 17.3 Å². The van der Waals surface area contributed by atoms with Crippen LogP contribution in [0.3, 0.4) is 0 Å². The first-order valence-electron chi connectivity index (χ1n) is 8.35. The average Bonchev–Trinajstić information content (AvgIpc) is 2.76. The Bertz CT molecular complexity index is 962. The maximum Gasteiger partial charge on any atom is 0.352 e. The number of carboxylic acids is 2. The van der Waals surface area contributed by atoms with Crippen LogP contribution in [0.4, 0.5) is 4.39 Å². The maximum atomic E-state index is 14.1. The molecule has 7 nitrogen and oxygen atoms in total. The zero-order chi connectivity index (χ0) is 18.4. The summed E-state index contributed by atoms with van der Waals surface area (Å²) in [5.74, 6) is -2.66. The molecule has 0 spiro atoms. The fourth-order valence-corrected chi connectivity index (χ4v) is 3.94. The summed E-state index contributed by atoms with van der Waals surface area (Å²) in [6, 6.07) is 3.13. The number of carbonyl (C=O) groups is 2. The highest BCUT2D eigenvalue weighted by Gasteiger charge is 2.29. The van der Waals surface area contributed by atoms with Crippen molar-refractivity contribution in [1.29, 1.82) is 0 Å². The molecule has 0 amide bonds. The molecule has 1 aromatic heterocycles. The molecule has 2 aliphatic rings. The molecule has 1 aromatic carbocycles. The number of nitrogens with zero attached hydrogens (tertiary/aromatic N) is 2. The van der Waals surface area contributed by atoms with Crippen LogP contribution in [0.2, 0.25) is 0 Å². The average molecular weight is 360 g/mol. The van der Waals surface area contributed by atoms with E-state index in [1.807, 2.05) is 0 Å². The van der Waals surface area contributed by atoms with E-state index in [1.54, 1.807) is 11.0 Å². The molecule has 0 aliphatic carbocycles. The van der Waals surface area contributed by atoms with Crippen LogP contribution in [0.5, 0.6) is 5.75 Å². The molecule has 0 bridgehead atoms. The Morgan fingerprint density at radius 2 is 1.92 bits per heavy atom. The largest absolute Gasteiger partial charge is 0.486 e. The van der Waals surface area contributed by atoms with E-state index < -0.39 is 11.9 Å². The normalized spacial score (nSPS) is 16.8. The number of hydrogen-bond donors (Lipinski definition) is 2. The first kappa shape index (κ1) is 16.4. The molecule has 0 atom stereocenters. The van der Waals surface area contributed by atoms with Crippen LogP contribution >= 0.6 is 0 Å². The molecule has 4 rings (SSSR count). The molecule has 136 valence electrons. The Hall–Kier alpha value is -3.03. The zero-order valence-electron chi connectivity index (χ0n) is 13.9. The summed E-state index contributed by atoms with van der Waals surface area (Å²) >= 11 is 0. The lowest BCUT2D eigenvalue weighted by molar-refractivity contribution is -0.136. The van der Waals surface area contributed by atoms with Crippen LogP contribution in [0.1, 0.15) is 11.3 Å². The second-order valence-corrected chi connectivity index (χ2v) is 6.36. The lowest BCUT2D eigenvalue weighted by Crippen LogP contribution is -2.31. The summed E-state index contributed by atoms with van der Waals surface area (Å²) in [6.45, 7) is 1.75. The van der Waals surface area contributed by atoms with Crippen LogP contribution in [0, 0.1) is 5.82 Å². The van der Waals surface area contributed by atoms with E-state index in [2.05, 4.69) is 4.57 Å². The highest BCUT2D eigenvalue weighted by molar-refractivity contribution is 5.94. The van der Waals surface area contributed by atoms with Crippen molar-refractivity contribution in [2.45, 2.75) is 19.4 Å². The SMILES string of the molecule is O=C(O)C=C(C(=O)O)N1CCc2c(n3c4c(c(F)ccc24)OCC3)CC1. The molecular weight excluding hydrogens is 343 g/mol. The van der Waals surface area contributed by atoms with Gasteiger partial charge in [-0.15, -0.1) is 0 Å². The van der Waals surface area contributed by atoms with Gasteiger partial charge in [0.15, 0.2) is 11.6 Å². The number of carboxylic acid groups (broad SMARTS) is 2. The third kappa shape index (κ3) is 2.49. The van der Waals surface area contributed by atoms with E-state index in [1.165, 1.54) is 6.07 Å². The van der Waals surface area contributed by atoms with Crippen molar-refractivity contribution in [3.8, 4) is 5.75 Å². The Morgan fingerprint density at radius 1 is 1.15 bits per heavy atom. The standard InChI is InChI=1S/C18H17FN2O5/c19-12-2-1-11-10-3-5-20(14(18(24)25)9-15(22)23)6-4-13(10)21-7-8-26-17(12)16(11)21/h1-2,9H,3-8H2,(H,22,23)(H,24,25). The highest BCUT2D eigenvalue weighted by Crippen LogP contribution is 2.38. The lowest BCUT2D eigenvalue weighted by Gasteiger charge is -2.23. The van der Waals surface area contributed by atoms with Gasteiger partial charge in [-0.2, -0.15) is 0 Å². The molecule has 2 aromatic rings. The predicted molar refractivity (Wildman–Crippen MR) is 89.7 cm³/mol. The van der Waals surface area contributed by atoms with Gasteiger partial charge in [-0.1, -0.05) is 0 Å². The number of halogens is 1. The van der Waals surface area contributed by atoms with Crippen LogP contribution in [-0.2, 0) is 29.0 Å². The van der Waals surface area contributed by atoms with Crippen molar-refractivity contribution in [2.24, 2.45) is 0 Å². The molecule has 3 heterocycles. The fraction of sp³-hybridized carbons (Fsp3) is 0.333. The predicted octanol–water partition coefficient (Wildman–Crippen LogP) is 1.63. The molecule has 0 fully saturated rings. The number of ether oxygens (including phenoxy) is 1.